The first-order chi connectivity index (χ1) is 13.9. The summed E-state index contributed by atoms with van der Waals surface area (Å²) >= 11 is 0. The summed E-state index contributed by atoms with van der Waals surface area (Å²) in [5.74, 6) is 0.716. The highest BCUT2D eigenvalue weighted by atomic mass is 32.2. The molecular formula is C19H23N3O6S. The molecule has 156 valence electrons. The van der Waals surface area contributed by atoms with E-state index in [1.165, 1.54) is 16.4 Å². The number of aryl methyl sites for hydroxylation is 1. The molecule has 0 spiro atoms. The third-order valence-electron chi connectivity index (χ3n) is 4.45. The molecule has 0 atom stereocenters. The SMILES string of the molecule is Cc1cccc(OCCNc2ccc(S(=O)(=O)N3CCOCC3)cc2[N+](=O)[O-])c1. The summed E-state index contributed by atoms with van der Waals surface area (Å²) in [6.07, 6.45) is 0. The van der Waals surface area contributed by atoms with Gasteiger partial charge in [0.25, 0.3) is 5.69 Å². The van der Waals surface area contributed by atoms with Gasteiger partial charge in [-0.1, -0.05) is 12.1 Å². The first-order valence-corrected chi connectivity index (χ1v) is 10.6. The van der Waals surface area contributed by atoms with Gasteiger partial charge in [-0.25, -0.2) is 8.42 Å². The second-order valence-corrected chi connectivity index (χ2v) is 8.48. The second-order valence-electron chi connectivity index (χ2n) is 6.54. The van der Waals surface area contributed by atoms with Crippen LogP contribution in [0.2, 0.25) is 0 Å². The van der Waals surface area contributed by atoms with Gasteiger partial charge in [-0.05, 0) is 36.8 Å². The molecule has 1 heterocycles. The van der Waals surface area contributed by atoms with Gasteiger partial charge in [0.1, 0.15) is 18.0 Å². The van der Waals surface area contributed by atoms with Crippen LogP contribution in [-0.4, -0.2) is 57.1 Å². The Labute approximate surface area is 169 Å². The summed E-state index contributed by atoms with van der Waals surface area (Å²) in [4.78, 5) is 10.8. The lowest BCUT2D eigenvalue weighted by Crippen LogP contribution is -2.40. The van der Waals surface area contributed by atoms with E-state index in [4.69, 9.17) is 9.47 Å². The third-order valence-corrected chi connectivity index (χ3v) is 6.34. The molecule has 1 saturated heterocycles. The van der Waals surface area contributed by atoms with Crippen LogP contribution in [0.4, 0.5) is 11.4 Å². The fourth-order valence-electron chi connectivity index (χ4n) is 2.97. The molecular weight excluding hydrogens is 398 g/mol. The van der Waals surface area contributed by atoms with Crippen molar-refractivity contribution in [2.24, 2.45) is 0 Å². The minimum absolute atomic E-state index is 0.104. The van der Waals surface area contributed by atoms with Gasteiger partial charge < -0.3 is 14.8 Å². The van der Waals surface area contributed by atoms with E-state index in [0.29, 0.717) is 32.1 Å². The van der Waals surface area contributed by atoms with Crippen molar-refractivity contribution >= 4 is 21.4 Å². The standard InChI is InChI=1S/C19H23N3O6S/c1-15-3-2-4-16(13-15)28-10-7-20-18-6-5-17(14-19(18)22(23)24)29(25,26)21-8-11-27-12-9-21/h2-6,13-14,20H,7-12H2,1H3. The van der Waals surface area contributed by atoms with Gasteiger partial charge in [0.05, 0.1) is 23.0 Å². The fraction of sp³-hybridized carbons (Fsp3) is 0.368. The molecule has 9 nitrogen and oxygen atoms in total. The molecule has 10 heteroatoms. The summed E-state index contributed by atoms with van der Waals surface area (Å²) in [7, 11) is -3.80. The topological polar surface area (TPSA) is 111 Å². The minimum atomic E-state index is -3.80. The van der Waals surface area contributed by atoms with Gasteiger partial charge in [-0.2, -0.15) is 4.31 Å². The van der Waals surface area contributed by atoms with Crippen molar-refractivity contribution in [2.75, 3.05) is 44.8 Å². The Hall–Kier alpha value is -2.69. The lowest BCUT2D eigenvalue weighted by molar-refractivity contribution is -0.384. The van der Waals surface area contributed by atoms with Gasteiger partial charge in [0.2, 0.25) is 10.0 Å². The molecule has 0 saturated carbocycles. The molecule has 1 aliphatic heterocycles. The van der Waals surface area contributed by atoms with Crippen LogP contribution >= 0.6 is 0 Å². The van der Waals surface area contributed by atoms with Crippen LogP contribution < -0.4 is 10.1 Å². The van der Waals surface area contributed by atoms with Gasteiger partial charge in [-0.15, -0.1) is 0 Å². The van der Waals surface area contributed by atoms with Crippen LogP contribution in [0.5, 0.6) is 5.75 Å². The molecule has 1 N–H and O–H groups in total. The molecule has 1 aliphatic rings. The Bertz CT molecular complexity index is 974. The number of nitro groups is 1. The number of hydrogen-bond acceptors (Lipinski definition) is 7. The number of nitrogens with zero attached hydrogens (tertiary/aromatic N) is 2. The number of sulfonamides is 1. The second kappa shape index (κ2) is 9.21. The lowest BCUT2D eigenvalue weighted by atomic mass is 10.2. The predicted octanol–water partition coefficient (Wildman–Crippen LogP) is 2.42. The number of hydrogen-bond donors (Lipinski definition) is 1. The van der Waals surface area contributed by atoms with Crippen LogP contribution in [0.1, 0.15) is 5.56 Å². The zero-order chi connectivity index (χ0) is 20.9. The summed E-state index contributed by atoms with van der Waals surface area (Å²) in [6, 6.07) is 11.5. The number of nitro benzene ring substituents is 1. The lowest BCUT2D eigenvalue weighted by Gasteiger charge is -2.26. The molecule has 1 fully saturated rings. The summed E-state index contributed by atoms with van der Waals surface area (Å²) < 4.78 is 37.5. The number of anilines is 1. The van der Waals surface area contributed by atoms with E-state index >= 15 is 0 Å². The highest BCUT2D eigenvalue weighted by Crippen LogP contribution is 2.29. The highest BCUT2D eigenvalue weighted by molar-refractivity contribution is 7.89. The molecule has 0 unspecified atom stereocenters. The molecule has 0 radical (unpaired) electrons. The smallest absolute Gasteiger partial charge is 0.293 e. The maximum atomic E-state index is 12.7. The number of morpholine rings is 1. The first kappa shape index (κ1) is 21.0. The van der Waals surface area contributed by atoms with E-state index < -0.39 is 14.9 Å². The van der Waals surface area contributed by atoms with Gasteiger partial charge in [0.15, 0.2) is 0 Å². The van der Waals surface area contributed by atoms with Crippen LogP contribution in [0, 0.1) is 17.0 Å². The zero-order valence-corrected chi connectivity index (χ0v) is 16.9. The summed E-state index contributed by atoms with van der Waals surface area (Å²) in [6.45, 7) is 3.66. The van der Waals surface area contributed by atoms with Crippen molar-refractivity contribution in [2.45, 2.75) is 11.8 Å². The van der Waals surface area contributed by atoms with E-state index in [1.54, 1.807) is 0 Å². The van der Waals surface area contributed by atoms with Gasteiger partial charge >= 0.3 is 0 Å². The van der Waals surface area contributed by atoms with E-state index in [9.17, 15) is 18.5 Å². The van der Waals surface area contributed by atoms with Crippen LogP contribution in [0.15, 0.2) is 47.4 Å². The molecule has 0 aliphatic carbocycles. The fourth-order valence-corrected chi connectivity index (χ4v) is 4.40. The van der Waals surface area contributed by atoms with E-state index in [2.05, 4.69) is 5.32 Å². The third kappa shape index (κ3) is 5.22. The van der Waals surface area contributed by atoms with Crippen LogP contribution in [-0.2, 0) is 14.8 Å². The molecule has 3 rings (SSSR count). The van der Waals surface area contributed by atoms with E-state index in [-0.39, 0.29) is 29.4 Å². The van der Waals surface area contributed by atoms with Crippen molar-refractivity contribution in [3.8, 4) is 5.75 Å². The van der Waals surface area contributed by atoms with Crippen molar-refractivity contribution in [3.05, 3.63) is 58.1 Å². The number of rotatable bonds is 8. The van der Waals surface area contributed by atoms with Gasteiger partial charge in [-0.3, -0.25) is 10.1 Å². The number of benzene rings is 2. The van der Waals surface area contributed by atoms with Crippen molar-refractivity contribution < 1.29 is 22.8 Å². The Morgan fingerprint density at radius 3 is 2.66 bits per heavy atom. The molecule has 0 aromatic heterocycles. The van der Waals surface area contributed by atoms with Crippen molar-refractivity contribution in [1.29, 1.82) is 0 Å². The molecule has 0 amide bonds. The predicted molar refractivity (Wildman–Crippen MR) is 108 cm³/mol. The average molecular weight is 421 g/mol. The highest BCUT2D eigenvalue weighted by Gasteiger charge is 2.28. The quantitative estimate of drug-likeness (QED) is 0.396. The Balaban J connectivity index is 1.68. The Morgan fingerprint density at radius 2 is 1.97 bits per heavy atom. The average Bonchev–Trinajstić information content (AvgIpc) is 2.72. The zero-order valence-electron chi connectivity index (χ0n) is 16.0. The van der Waals surface area contributed by atoms with Crippen molar-refractivity contribution in [3.63, 3.8) is 0 Å². The summed E-state index contributed by atoms with van der Waals surface area (Å²) in [5.41, 5.74) is 1.02. The number of nitrogens with one attached hydrogen (secondary N) is 1. The summed E-state index contributed by atoms with van der Waals surface area (Å²) in [5, 5.41) is 14.4. The van der Waals surface area contributed by atoms with Crippen molar-refractivity contribution in [1.82, 2.24) is 4.31 Å². The monoisotopic (exact) mass is 421 g/mol. The Kier molecular flexibility index (Phi) is 6.68. The molecule has 2 aromatic carbocycles. The molecule has 2 aromatic rings. The van der Waals surface area contributed by atoms with Crippen LogP contribution in [0.25, 0.3) is 0 Å². The maximum Gasteiger partial charge on any atom is 0.293 e. The molecule has 29 heavy (non-hydrogen) atoms. The van der Waals surface area contributed by atoms with E-state index in [1.807, 2.05) is 31.2 Å². The first-order valence-electron chi connectivity index (χ1n) is 9.17. The molecule has 0 bridgehead atoms. The Morgan fingerprint density at radius 1 is 1.21 bits per heavy atom. The maximum absolute atomic E-state index is 12.7. The van der Waals surface area contributed by atoms with E-state index in [0.717, 1.165) is 11.6 Å². The van der Waals surface area contributed by atoms with Crippen LogP contribution in [0.3, 0.4) is 0 Å². The largest absolute Gasteiger partial charge is 0.492 e. The minimum Gasteiger partial charge on any atom is -0.492 e. The normalized spacial score (nSPS) is 15.1. The van der Waals surface area contributed by atoms with Gasteiger partial charge in [0, 0.05) is 25.7 Å². The number of ether oxygens (including phenoxy) is 2.